The van der Waals surface area contributed by atoms with Crippen LogP contribution in [0.4, 0.5) is 5.95 Å². The maximum Gasteiger partial charge on any atom is 0.332 e. The van der Waals surface area contributed by atoms with Crippen LogP contribution in [0.15, 0.2) is 9.59 Å². The number of ether oxygens (including phenoxy) is 1. The van der Waals surface area contributed by atoms with E-state index in [1.54, 1.807) is 14.2 Å². The maximum absolute atomic E-state index is 11.9. The minimum absolute atomic E-state index is 0.305. The van der Waals surface area contributed by atoms with E-state index in [0.29, 0.717) is 30.3 Å². The van der Waals surface area contributed by atoms with Crippen LogP contribution in [-0.2, 0) is 18.8 Å². The Labute approximate surface area is 102 Å². The number of imidazole rings is 1. The van der Waals surface area contributed by atoms with Gasteiger partial charge in [0.1, 0.15) is 0 Å². The van der Waals surface area contributed by atoms with Gasteiger partial charge in [-0.1, -0.05) is 0 Å². The summed E-state index contributed by atoms with van der Waals surface area (Å²) in [6, 6.07) is 0. The van der Waals surface area contributed by atoms with Crippen LogP contribution in [0.25, 0.3) is 11.2 Å². The molecule has 0 aromatic carbocycles. The molecule has 0 atom stereocenters. The average Bonchev–Trinajstić information content (AvgIpc) is 2.78. The first-order valence-corrected chi connectivity index (χ1v) is 5.44. The Kier molecular flexibility index (Phi) is 3.19. The highest BCUT2D eigenvalue weighted by Crippen LogP contribution is 2.07. The molecule has 98 valence electrons. The Morgan fingerprint density at radius 2 is 2.06 bits per heavy atom. The van der Waals surface area contributed by atoms with Crippen LogP contribution in [0.1, 0.15) is 0 Å². The standard InChI is InChI=1S/C10H15N5O3/c1-14-7-6(8(16)15(2)10(14)17)12-9(13-7)11-4-5-18-3/h4-5H2,1-3H3,(H2,11,12,13). The number of fused-ring (bicyclic) bond motifs is 1. The number of rotatable bonds is 4. The fraction of sp³-hybridized carbons (Fsp3) is 0.500. The van der Waals surface area contributed by atoms with Crippen LogP contribution in [0.3, 0.4) is 0 Å². The second-order valence-electron chi connectivity index (χ2n) is 3.91. The SMILES string of the molecule is COCCNc1nc2c([nH]1)c(=O)n(C)c(=O)n2C. The highest BCUT2D eigenvalue weighted by molar-refractivity contribution is 5.72. The highest BCUT2D eigenvalue weighted by Gasteiger charge is 2.12. The molecular formula is C10H15N5O3. The quantitative estimate of drug-likeness (QED) is 0.683. The number of nitrogens with zero attached hydrogens (tertiary/aromatic N) is 3. The Morgan fingerprint density at radius 3 is 2.72 bits per heavy atom. The van der Waals surface area contributed by atoms with E-state index in [0.717, 1.165) is 4.57 Å². The Hall–Kier alpha value is -2.09. The number of aryl methyl sites for hydroxylation is 1. The van der Waals surface area contributed by atoms with Crippen molar-refractivity contribution in [1.82, 2.24) is 19.1 Å². The van der Waals surface area contributed by atoms with E-state index >= 15 is 0 Å². The molecule has 2 N–H and O–H groups in total. The molecule has 0 aliphatic heterocycles. The Bertz CT molecular complexity index is 681. The van der Waals surface area contributed by atoms with Crippen molar-refractivity contribution in [3.63, 3.8) is 0 Å². The second-order valence-corrected chi connectivity index (χ2v) is 3.91. The molecule has 0 saturated carbocycles. The lowest BCUT2D eigenvalue weighted by atomic mass is 10.5. The summed E-state index contributed by atoms with van der Waals surface area (Å²) < 4.78 is 7.27. The van der Waals surface area contributed by atoms with Gasteiger partial charge in [0.25, 0.3) is 5.56 Å². The monoisotopic (exact) mass is 253 g/mol. The number of methoxy groups -OCH3 is 1. The van der Waals surface area contributed by atoms with Crippen molar-refractivity contribution in [2.24, 2.45) is 14.1 Å². The molecular weight excluding hydrogens is 238 g/mol. The van der Waals surface area contributed by atoms with Crippen molar-refractivity contribution >= 4 is 17.1 Å². The van der Waals surface area contributed by atoms with Crippen molar-refractivity contribution in [3.05, 3.63) is 20.8 Å². The van der Waals surface area contributed by atoms with E-state index in [1.165, 1.54) is 11.6 Å². The molecule has 0 saturated heterocycles. The van der Waals surface area contributed by atoms with Gasteiger partial charge in [-0.25, -0.2) is 4.79 Å². The van der Waals surface area contributed by atoms with Crippen molar-refractivity contribution in [3.8, 4) is 0 Å². The molecule has 2 aromatic heterocycles. The van der Waals surface area contributed by atoms with E-state index in [2.05, 4.69) is 15.3 Å². The number of hydrogen-bond acceptors (Lipinski definition) is 5. The third kappa shape index (κ3) is 1.90. The lowest BCUT2D eigenvalue weighted by molar-refractivity contribution is 0.210. The summed E-state index contributed by atoms with van der Waals surface area (Å²) in [6.07, 6.45) is 0. The summed E-state index contributed by atoms with van der Waals surface area (Å²) in [4.78, 5) is 30.6. The predicted octanol–water partition coefficient (Wildman–Crippen LogP) is -0.981. The second kappa shape index (κ2) is 4.65. The lowest BCUT2D eigenvalue weighted by Gasteiger charge is -2.00. The van der Waals surface area contributed by atoms with E-state index < -0.39 is 5.69 Å². The van der Waals surface area contributed by atoms with Crippen LogP contribution in [0.2, 0.25) is 0 Å². The van der Waals surface area contributed by atoms with Crippen LogP contribution in [-0.4, -0.2) is 39.4 Å². The molecule has 0 bridgehead atoms. The van der Waals surface area contributed by atoms with Gasteiger partial charge in [0.15, 0.2) is 11.2 Å². The molecule has 0 radical (unpaired) electrons. The largest absolute Gasteiger partial charge is 0.383 e. The fourth-order valence-corrected chi connectivity index (χ4v) is 1.68. The Morgan fingerprint density at radius 1 is 1.33 bits per heavy atom. The third-order valence-electron chi connectivity index (χ3n) is 2.69. The summed E-state index contributed by atoms with van der Waals surface area (Å²) in [5.41, 5.74) is -0.148. The molecule has 0 spiro atoms. The van der Waals surface area contributed by atoms with Gasteiger partial charge in [-0.2, -0.15) is 4.98 Å². The summed E-state index contributed by atoms with van der Waals surface area (Å²) >= 11 is 0. The van der Waals surface area contributed by atoms with Crippen LogP contribution >= 0.6 is 0 Å². The lowest BCUT2D eigenvalue weighted by Crippen LogP contribution is -2.36. The number of aromatic nitrogens is 4. The number of anilines is 1. The van der Waals surface area contributed by atoms with Crippen molar-refractivity contribution in [2.45, 2.75) is 0 Å². The van der Waals surface area contributed by atoms with Gasteiger partial charge >= 0.3 is 5.69 Å². The van der Waals surface area contributed by atoms with Crippen molar-refractivity contribution in [2.75, 3.05) is 25.6 Å². The minimum Gasteiger partial charge on any atom is -0.383 e. The van der Waals surface area contributed by atoms with Crippen LogP contribution in [0, 0.1) is 0 Å². The zero-order chi connectivity index (χ0) is 13.3. The van der Waals surface area contributed by atoms with Crippen molar-refractivity contribution < 1.29 is 4.74 Å². The number of H-pyrrole nitrogens is 1. The first-order valence-electron chi connectivity index (χ1n) is 5.44. The van der Waals surface area contributed by atoms with Gasteiger partial charge in [0.2, 0.25) is 5.95 Å². The zero-order valence-electron chi connectivity index (χ0n) is 10.5. The zero-order valence-corrected chi connectivity index (χ0v) is 10.5. The molecule has 2 aromatic rings. The molecule has 18 heavy (non-hydrogen) atoms. The van der Waals surface area contributed by atoms with Crippen LogP contribution < -0.4 is 16.6 Å². The van der Waals surface area contributed by atoms with E-state index in [1.807, 2.05) is 0 Å². The summed E-state index contributed by atoms with van der Waals surface area (Å²) in [5, 5.41) is 2.97. The highest BCUT2D eigenvalue weighted by atomic mass is 16.5. The number of hydrogen-bond donors (Lipinski definition) is 2. The summed E-state index contributed by atoms with van der Waals surface area (Å²) in [7, 11) is 4.60. The number of nitrogens with one attached hydrogen (secondary N) is 2. The molecule has 0 aliphatic rings. The van der Waals surface area contributed by atoms with Gasteiger partial charge < -0.3 is 15.0 Å². The van der Waals surface area contributed by atoms with E-state index in [4.69, 9.17) is 4.74 Å². The summed E-state index contributed by atoms with van der Waals surface area (Å²) in [6.45, 7) is 1.08. The van der Waals surface area contributed by atoms with Crippen LogP contribution in [0.5, 0.6) is 0 Å². The maximum atomic E-state index is 11.9. The topological polar surface area (TPSA) is 93.9 Å². The molecule has 0 amide bonds. The predicted molar refractivity (Wildman–Crippen MR) is 66.9 cm³/mol. The van der Waals surface area contributed by atoms with Gasteiger partial charge in [-0.05, 0) is 0 Å². The van der Waals surface area contributed by atoms with Gasteiger partial charge in [-0.3, -0.25) is 13.9 Å². The normalized spacial score (nSPS) is 11.1. The van der Waals surface area contributed by atoms with E-state index in [9.17, 15) is 9.59 Å². The third-order valence-corrected chi connectivity index (χ3v) is 2.69. The molecule has 2 heterocycles. The smallest absolute Gasteiger partial charge is 0.332 e. The van der Waals surface area contributed by atoms with Crippen molar-refractivity contribution in [1.29, 1.82) is 0 Å². The van der Waals surface area contributed by atoms with Gasteiger partial charge in [0, 0.05) is 27.7 Å². The van der Waals surface area contributed by atoms with Gasteiger partial charge in [-0.15, -0.1) is 0 Å². The first kappa shape index (κ1) is 12.4. The molecule has 0 aliphatic carbocycles. The molecule has 0 unspecified atom stereocenters. The molecule has 8 nitrogen and oxygen atoms in total. The Balaban J connectivity index is 2.51. The number of aromatic amines is 1. The van der Waals surface area contributed by atoms with E-state index in [-0.39, 0.29) is 5.56 Å². The average molecular weight is 253 g/mol. The molecule has 2 rings (SSSR count). The summed E-state index contributed by atoms with van der Waals surface area (Å²) in [5.74, 6) is 0.445. The molecule has 0 fully saturated rings. The first-order chi connectivity index (χ1) is 8.56. The minimum atomic E-state index is -0.401. The fourth-order valence-electron chi connectivity index (χ4n) is 1.68. The van der Waals surface area contributed by atoms with Gasteiger partial charge in [0.05, 0.1) is 6.61 Å². The molecule has 8 heteroatoms.